The number of ether oxygens (including phenoxy) is 1. The number of nitrogen functional groups attached to an aromatic ring is 1. The predicted octanol–water partition coefficient (Wildman–Crippen LogP) is 1.73. The van der Waals surface area contributed by atoms with E-state index in [1.54, 1.807) is 0 Å². The molecule has 110 valence electrons. The predicted molar refractivity (Wildman–Crippen MR) is 73.5 cm³/mol. The summed E-state index contributed by atoms with van der Waals surface area (Å²) in [5.74, 6) is -1.54. The van der Waals surface area contributed by atoms with Crippen molar-refractivity contribution in [3.05, 3.63) is 29.6 Å². The van der Waals surface area contributed by atoms with Gasteiger partial charge in [-0.25, -0.2) is 9.18 Å². The van der Waals surface area contributed by atoms with Crippen LogP contribution < -0.4 is 11.1 Å². The highest BCUT2D eigenvalue weighted by Crippen LogP contribution is 2.11. The minimum Gasteiger partial charge on any atom is -0.452 e. The van der Waals surface area contributed by atoms with E-state index in [9.17, 15) is 14.0 Å². The van der Waals surface area contributed by atoms with Crippen molar-refractivity contribution in [1.29, 1.82) is 0 Å². The van der Waals surface area contributed by atoms with E-state index in [4.69, 9.17) is 10.5 Å². The van der Waals surface area contributed by atoms with Crippen LogP contribution in [0, 0.1) is 11.7 Å². The van der Waals surface area contributed by atoms with Crippen LogP contribution in [0.15, 0.2) is 18.2 Å². The minimum atomic E-state index is -0.788. The molecule has 1 rings (SSSR count). The summed E-state index contributed by atoms with van der Waals surface area (Å²) >= 11 is 0. The molecule has 0 aromatic heterocycles. The van der Waals surface area contributed by atoms with Crippen molar-refractivity contribution >= 4 is 17.6 Å². The molecule has 5 nitrogen and oxygen atoms in total. The fraction of sp³-hybridized carbons (Fsp3) is 0.429. The van der Waals surface area contributed by atoms with Gasteiger partial charge in [0.05, 0.1) is 5.56 Å². The second-order valence-electron chi connectivity index (χ2n) is 4.95. The van der Waals surface area contributed by atoms with E-state index >= 15 is 0 Å². The summed E-state index contributed by atoms with van der Waals surface area (Å²) in [5.41, 5.74) is 5.52. The van der Waals surface area contributed by atoms with Crippen LogP contribution in [0.2, 0.25) is 0 Å². The first kappa shape index (κ1) is 15.9. The van der Waals surface area contributed by atoms with Gasteiger partial charge in [-0.2, -0.15) is 0 Å². The molecule has 0 spiro atoms. The average molecular weight is 282 g/mol. The quantitative estimate of drug-likeness (QED) is 0.636. The fourth-order valence-corrected chi connectivity index (χ4v) is 1.41. The molecule has 0 heterocycles. The Labute approximate surface area is 117 Å². The van der Waals surface area contributed by atoms with Crippen molar-refractivity contribution < 1.29 is 18.7 Å². The molecule has 0 aliphatic rings. The molecule has 3 N–H and O–H groups in total. The smallest absolute Gasteiger partial charge is 0.338 e. The number of anilines is 1. The van der Waals surface area contributed by atoms with Gasteiger partial charge in [-0.15, -0.1) is 0 Å². The Kier molecular flexibility index (Phi) is 5.49. The van der Waals surface area contributed by atoms with E-state index in [-0.39, 0.29) is 23.2 Å². The van der Waals surface area contributed by atoms with Gasteiger partial charge >= 0.3 is 5.97 Å². The highest BCUT2D eigenvalue weighted by molar-refractivity contribution is 5.92. The molecule has 6 heteroatoms. The monoisotopic (exact) mass is 282 g/mol. The SMILES string of the molecule is CC(C)C(C)NC(=O)COC(=O)c1cc(N)cc(F)c1. The average Bonchev–Trinajstić information content (AvgIpc) is 2.34. The Balaban J connectivity index is 2.53. The van der Waals surface area contributed by atoms with Crippen molar-refractivity contribution in [2.45, 2.75) is 26.8 Å². The molecule has 0 fully saturated rings. The van der Waals surface area contributed by atoms with Crippen LogP contribution in [0.4, 0.5) is 10.1 Å². The molecule has 0 aliphatic carbocycles. The van der Waals surface area contributed by atoms with Crippen molar-refractivity contribution in [1.82, 2.24) is 5.32 Å². The largest absolute Gasteiger partial charge is 0.452 e. The minimum absolute atomic E-state index is 0.0211. The molecule has 20 heavy (non-hydrogen) atoms. The molecule has 1 aromatic rings. The van der Waals surface area contributed by atoms with Gasteiger partial charge in [0, 0.05) is 11.7 Å². The Morgan fingerprint density at radius 1 is 1.30 bits per heavy atom. The van der Waals surface area contributed by atoms with Gasteiger partial charge < -0.3 is 15.8 Å². The summed E-state index contributed by atoms with van der Waals surface area (Å²) in [6, 6.07) is 3.37. The summed E-state index contributed by atoms with van der Waals surface area (Å²) in [6.45, 7) is 5.38. The lowest BCUT2D eigenvalue weighted by Crippen LogP contribution is -2.38. The van der Waals surface area contributed by atoms with Gasteiger partial charge in [0.1, 0.15) is 5.82 Å². The van der Waals surface area contributed by atoms with E-state index in [0.717, 1.165) is 12.1 Å². The van der Waals surface area contributed by atoms with Crippen molar-refractivity contribution in [3.8, 4) is 0 Å². The summed E-state index contributed by atoms with van der Waals surface area (Å²) in [6.07, 6.45) is 0. The first-order valence-corrected chi connectivity index (χ1v) is 6.32. The second kappa shape index (κ2) is 6.88. The highest BCUT2D eigenvalue weighted by atomic mass is 19.1. The molecule has 1 unspecified atom stereocenters. The number of nitrogens with two attached hydrogens (primary N) is 1. The standard InChI is InChI=1S/C14H19FN2O3/c1-8(2)9(3)17-13(18)7-20-14(19)10-4-11(15)6-12(16)5-10/h4-6,8-9H,7,16H2,1-3H3,(H,17,18). The van der Waals surface area contributed by atoms with Gasteiger partial charge in [0.25, 0.3) is 5.91 Å². The van der Waals surface area contributed by atoms with E-state index in [1.165, 1.54) is 6.07 Å². The van der Waals surface area contributed by atoms with Crippen LogP contribution in [-0.4, -0.2) is 24.5 Å². The lowest BCUT2D eigenvalue weighted by Gasteiger charge is -2.17. The Morgan fingerprint density at radius 3 is 2.50 bits per heavy atom. The number of hydrogen-bond donors (Lipinski definition) is 2. The Morgan fingerprint density at radius 2 is 1.95 bits per heavy atom. The molecule has 0 saturated carbocycles. The van der Waals surface area contributed by atoms with Crippen LogP contribution in [0.1, 0.15) is 31.1 Å². The third kappa shape index (κ3) is 4.87. The van der Waals surface area contributed by atoms with Crippen LogP contribution >= 0.6 is 0 Å². The van der Waals surface area contributed by atoms with E-state index in [0.29, 0.717) is 0 Å². The number of hydrogen-bond acceptors (Lipinski definition) is 4. The molecule has 0 bridgehead atoms. The summed E-state index contributed by atoms with van der Waals surface area (Å²) in [4.78, 5) is 23.2. The third-order valence-corrected chi connectivity index (χ3v) is 2.88. The molecule has 0 radical (unpaired) electrons. The highest BCUT2D eigenvalue weighted by Gasteiger charge is 2.14. The number of carbonyl (C=O) groups is 2. The molecular weight excluding hydrogens is 263 g/mol. The zero-order valence-electron chi connectivity index (χ0n) is 11.8. The van der Waals surface area contributed by atoms with Crippen LogP contribution in [0.5, 0.6) is 0 Å². The molecule has 0 saturated heterocycles. The second-order valence-corrected chi connectivity index (χ2v) is 4.95. The zero-order valence-corrected chi connectivity index (χ0v) is 11.8. The van der Waals surface area contributed by atoms with Crippen LogP contribution in [0.3, 0.4) is 0 Å². The van der Waals surface area contributed by atoms with Gasteiger partial charge in [0.15, 0.2) is 6.61 Å². The molecular formula is C14H19FN2O3. The number of amides is 1. The van der Waals surface area contributed by atoms with Crippen molar-refractivity contribution in [2.24, 2.45) is 5.92 Å². The molecule has 0 aliphatic heterocycles. The maximum Gasteiger partial charge on any atom is 0.338 e. The summed E-state index contributed by atoms with van der Waals surface area (Å²) < 4.78 is 17.9. The summed E-state index contributed by atoms with van der Waals surface area (Å²) in [7, 11) is 0. The maximum atomic E-state index is 13.1. The van der Waals surface area contributed by atoms with Gasteiger partial charge in [-0.1, -0.05) is 13.8 Å². The lowest BCUT2D eigenvalue weighted by molar-refractivity contribution is -0.125. The van der Waals surface area contributed by atoms with Crippen molar-refractivity contribution in [2.75, 3.05) is 12.3 Å². The number of halogens is 1. The number of esters is 1. The van der Waals surface area contributed by atoms with E-state index < -0.39 is 24.3 Å². The summed E-state index contributed by atoms with van der Waals surface area (Å²) in [5, 5.41) is 2.69. The molecule has 1 amide bonds. The zero-order chi connectivity index (χ0) is 15.3. The normalized spacial score (nSPS) is 12.1. The van der Waals surface area contributed by atoms with E-state index in [1.807, 2.05) is 20.8 Å². The number of benzene rings is 1. The Bertz CT molecular complexity index is 483. The topological polar surface area (TPSA) is 81.4 Å². The van der Waals surface area contributed by atoms with Gasteiger partial charge in [-0.3, -0.25) is 4.79 Å². The Hall–Kier alpha value is -2.11. The fourth-order valence-electron chi connectivity index (χ4n) is 1.41. The first-order valence-electron chi connectivity index (χ1n) is 6.32. The maximum absolute atomic E-state index is 13.1. The van der Waals surface area contributed by atoms with Crippen molar-refractivity contribution in [3.63, 3.8) is 0 Å². The third-order valence-electron chi connectivity index (χ3n) is 2.88. The number of rotatable bonds is 5. The van der Waals surface area contributed by atoms with E-state index in [2.05, 4.69) is 5.32 Å². The molecule has 1 atom stereocenters. The van der Waals surface area contributed by atoms with Gasteiger partial charge in [-0.05, 0) is 31.0 Å². The first-order chi connectivity index (χ1) is 9.29. The van der Waals surface area contributed by atoms with Crippen LogP contribution in [-0.2, 0) is 9.53 Å². The lowest BCUT2D eigenvalue weighted by atomic mass is 10.1. The number of nitrogens with one attached hydrogen (secondary N) is 1. The number of carbonyl (C=O) groups excluding carboxylic acids is 2. The molecule has 1 aromatic carbocycles. The van der Waals surface area contributed by atoms with Crippen LogP contribution in [0.25, 0.3) is 0 Å². The van der Waals surface area contributed by atoms with Gasteiger partial charge in [0.2, 0.25) is 0 Å².